The van der Waals surface area contributed by atoms with Gasteiger partial charge >= 0.3 is 0 Å². The minimum Gasteiger partial charge on any atom is -0.455 e. The third-order valence-corrected chi connectivity index (χ3v) is 20.0. The van der Waals surface area contributed by atoms with Crippen molar-refractivity contribution >= 4 is 100 Å². The van der Waals surface area contributed by atoms with Crippen LogP contribution in [-0.4, -0.2) is 9.97 Å². The first-order chi connectivity index (χ1) is 45.7. The average molecular weight is 1220 g/mol. The molecule has 0 atom stereocenters. The first-order valence-corrected chi connectivity index (χ1v) is 32.6. The second-order valence-electron chi connectivity index (χ2n) is 27.8. The van der Waals surface area contributed by atoms with E-state index in [1.807, 2.05) is 24.5 Å². The van der Waals surface area contributed by atoms with Gasteiger partial charge in [0.25, 0.3) is 0 Å². The van der Waals surface area contributed by atoms with Crippen LogP contribution in [0.25, 0.3) is 110 Å². The molecule has 0 saturated heterocycles. The second-order valence-corrected chi connectivity index (χ2v) is 27.8. The van der Waals surface area contributed by atoms with E-state index in [1.54, 1.807) is 0 Å². The molecule has 94 heavy (non-hydrogen) atoms. The van der Waals surface area contributed by atoms with Crippen LogP contribution in [0.1, 0.15) is 86.1 Å². The molecule has 0 N–H and O–H groups in total. The lowest BCUT2D eigenvalue weighted by Crippen LogP contribution is -2.27. The van der Waals surface area contributed by atoms with Gasteiger partial charge in [-0.1, -0.05) is 211 Å². The van der Waals surface area contributed by atoms with Crippen molar-refractivity contribution in [1.29, 1.82) is 0 Å². The lowest BCUT2D eigenvalue weighted by molar-refractivity contribution is 0.590. The molecule has 0 fully saturated rings. The molecule has 7 nitrogen and oxygen atoms in total. The number of nitrogens with zero attached hydrogens (tertiary/aromatic N) is 4. The Hall–Kier alpha value is -11.3. The maximum atomic E-state index is 7.58. The summed E-state index contributed by atoms with van der Waals surface area (Å²) in [5.41, 5.74) is 25.3. The molecule has 5 heterocycles. The van der Waals surface area contributed by atoms with Crippen LogP contribution in [-0.2, 0) is 16.2 Å². The van der Waals surface area contributed by atoms with Crippen LogP contribution < -0.4 is 9.80 Å². The van der Waals surface area contributed by atoms with Gasteiger partial charge in [0.05, 0.1) is 16.5 Å². The van der Waals surface area contributed by atoms with E-state index in [0.717, 1.165) is 156 Å². The Balaban J connectivity index is 0.944. The fourth-order valence-corrected chi connectivity index (χ4v) is 15.6. The Bertz CT molecular complexity index is 5760. The molecule has 7 heteroatoms. The third-order valence-electron chi connectivity index (χ3n) is 20.0. The van der Waals surface area contributed by atoms with Crippen molar-refractivity contribution in [2.24, 2.45) is 0 Å². The molecule has 2 aliphatic rings. The van der Waals surface area contributed by atoms with Crippen molar-refractivity contribution < 1.29 is 13.3 Å². The van der Waals surface area contributed by atoms with Gasteiger partial charge in [-0.15, -0.1) is 0 Å². The van der Waals surface area contributed by atoms with Crippen LogP contribution in [0.5, 0.6) is 0 Å². The Morgan fingerprint density at radius 3 is 1.29 bits per heavy atom. The summed E-state index contributed by atoms with van der Waals surface area (Å²) in [4.78, 5) is 15.9. The molecule has 2 aliphatic carbocycles. The summed E-state index contributed by atoms with van der Waals surface area (Å²) in [6.45, 7) is 17.9. The normalized spacial score (nSPS) is 13.2. The molecule has 11 aromatic carbocycles. The molecule has 5 aromatic heterocycles. The summed E-state index contributed by atoms with van der Waals surface area (Å²) >= 11 is 0. The second kappa shape index (κ2) is 20.4. The highest BCUT2D eigenvalue weighted by atomic mass is 16.3. The zero-order valence-electron chi connectivity index (χ0n) is 53.8. The maximum Gasteiger partial charge on any atom is 0.145 e. The van der Waals surface area contributed by atoms with Crippen molar-refractivity contribution in [3.63, 3.8) is 0 Å². The molecule has 452 valence electrons. The van der Waals surface area contributed by atoms with E-state index in [-0.39, 0.29) is 10.8 Å². The molecule has 0 bridgehead atoms. The van der Waals surface area contributed by atoms with Crippen LogP contribution in [0.3, 0.4) is 0 Å². The lowest BCUT2D eigenvalue weighted by Gasteiger charge is -2.34. The Kier molecular flexibility index (Phi) is 12.0. The van der Waals surface area contributed by atoms with Crippen LogP contribution in [0.2, 0.25) is 0 Å². The van der Waals surface area contributed by atoms with Crippen LogP contribution in [0.15, 0.2) is 268 Å². The van der Waals surface area contributed by atoms with E-state index in [0.29, 0.717) is 0 Å². The quantitative estimate of drug-likeness (QED) is 0.150. The fourth-order valence-electron chi connectivity index (χ4n) is 15.6. The van der Waals surface area contributed by atoms with Gasteiger partial charge in [0.15, 0.2) is 0 Å². The van der Waals surface area contributed by atoms with Crippen molar-refractivity contribution in [2.45, 2.75) is 71.6 Å². The van der Waals surface area contributed by atoms with E-state index in [4.69, 9.17) is 23.2 Å². The SMILES string of the molecule is Cc1cnc(N(c2ccc(C(C)(C)C)cc2)c2ccc3c(c2)C2(c4ccccc4-c4ccccc42)c2cc(N(c4ccc(C(C)(C)C)cc4)c4ncc(C)cc4-c4cccc5c4oc4ccccc45)c4c(oc5ccccc54)c2-3)c(-c2cccc3c2oc2ccccc23)c1. The molecular weight excluding hydrogens is 1150 g/mol. The third kappa shape index (κ3) is 8.16. The van der Waals surface area contributed by atoms with E-state index >= 15 is 0 Å². The average Bonchev–Trinajstić information content (AvgIpc) is 1.49. The van der Waals surface area contributed by atoms with E-state index in [9.17, 15) is 0 Å². The molecule has 0 saturated carbocycles. The van der Waals surface area contributed by atoms with Gasteiger partial charge in [-0.2, -0.15) is 0 Å². The van der Waals surface area contributed by atoms with Crippen molar-refractivity contribution in [1.82, 2.24) is 9.97 Å². The number of hydrogen-bond acceptors (Lipinski definition) is 7. The summed E-state index contributed by atoms with van der Waals surface area (Å²) in [7, 11) is 0. The van der Waals surface area contributed by atoms with E-state index in [2.05, 4.69) is 296 Å². The highest BCUT2D eigenvalue weighted by Crippen LogP contribution is 2.66. The highest BCUT2D eigenvalue weighted by molar-refractivity contribution is 6.21. The summed E-state index contributed by atoms with van der Waals surface area (Å²) in [6.07, 6.45) is 4.00. The Morgan fingerprint density at radius 1 is 0.330 bits per heavy atom. The smallest absolute Gasteiger partial charge is 0.145 e. The van der Waals surface area contributed by atoms with Gasteiger partial charge in [-0.3, -0.25) is 9.80 Å². The number of aromatic nitrogens is 2. The van der Waals surface area contributed by atoms with Crippen molar-refractivity contribution in [3.05, 3.63) is 300 Å². The van der Waals surface area contributed by atoms with Gasteiger partial charge in [0.1, 0.15) is 45.1 Å². The minimum absolute atomic E-state index is 0.0749. The van der Waals surface area contributed by atoms with Crippen molar-refractivity contribution in [3.8, 4) is 44.5 Å². The van der Waals surface area contributed by atoms with Crippen LogP contribution in [0, 0.1) is 13.8 Å². The molecule has 0 unspecified atom stereocenters. The number of pyridine rings is 2. The topological polar surface area (TPSA) is 71.7 Å². The number of rotatable bonds is 8. The number of fused-ring (bicyclic) bond motifs is 20. The Morgan fingerprint density at radius 2 is 0.755 bits per heavy atom. The van der Waals surface area contributed by atoms with E-state index in [1.165, 1.54) is 33.4 Å². The number of furan rings is 3. The predicted octanol–water partition coefficient (Wildman–Crippen LogP) is 24.0. The van der Waals surface area contributed by atoms with Gasteiger partial charge < -0.3 is 13.3 Å². The largest absolute Gasteiger partial charge is 0.455 e. The monoisotopic (exact) mass is 1210 g/mol. The van der Waals surface area contributed by atoms with Crippen molar-refractivity contribution in [2.75, 3.05) is 9.80 Å². The highest BCUT2D eigenvalue weighted by Gasteiger charge is 2.53. The zero-order chi connectivity index (χ0) is 63.5. The summed E-state index contributed by atoms with van der Waals surface area (Å²) in [5.74, 6) is 1.55. The maximum absolute atomic E-state index is 7.58. The molecular formula is C87H66N4O3. The molecule has 0 radical (unpaired) electrons. The molecule has 16 aromatic rings. The summed E-state index contributed by atoms with van der Waals surface area (Å²) < 4.78 is 21.3. The number of aryl methyl sites for hydroxylation is 2. The minimum atomic E-state index is -0.869. The van der Waals surface area contributed by atoms with E-state index < -0.39 is 5.41 Å². The summed E-state index contributed by atoms with van der Waals surface area (Å²) in [5, 5.41) is 6.27. The van der Waals surface area contributed by atoms with Gasteiger partial charge in [-0.05, 0) is 159 Å². The number of anilines is 6. The molecule has 1 spiro atoms. The first kappa shape index (κ1) is 55.6. The van der Waals surface area contributed by atoms with Gasteiger partial charge in [0.2, 0.25) is 0 Å². The number of para-hydroxylation sites is 5. The molecule has 18 rings (SSSR count). The van der Waals surface area contributed by atoms with Gasteiger partial charge in [0, 0.05) is 84.2 Å². The number of benzene rings is 11. The molecule has 0 amide bonds. The zero-order valence-corrected chi connectivity index (χ0v) is 53.8. The van der Waals surface area contributed by atoms with Gasteiger partial charge in [-0.25, -0.2) is 9.97 Å². The summed E-state index contributed by atoms with van der Waals surface area (Å²) in [6, 6.07) is 88.6. The van der Waals surface area contributed by atoms with Crippen LogP contribution in [0.4, 0.5) is 34.4 Å². The molecule has 0 aliphatic heterocycles. The van der Waals surface area contributed by atoms with Crippen LogP contribution >= 0.6 is 0 Å². The Labute approximate surface area is 545 Å². The number of hydrogen-bond donors (Lipinski definition) is 0. The lowest BCUT2D eigenvalue weighted by atomic mass is 9.70. The fraction of sp³-hybridized carbons (Fsp3) is 0.126. The first-order valence-electron chi connectivity index (χ1n) is 32.6. The standard InChI is InChI=1S/C87H66N4O3/c1-51-45-68(64-28-19-26-62-60-23-11-16-32-75(60)92-80(62)64)83(88-49-51)90(55-39-35-53(36-40-55)85(3,4)5)57-43-44-66-72(47-57)87(70-30-14-9-21-58(70)59-22-10-15-31-71(59)87)73-48-74(79-67-25-13-18-34-77(67)94-82(79)78(66)73)91(56-41-37-54(38-42-56)86(6,7)8)84-69(46-52(2)50-89-84)65-29-20-27-63-61-24-12-17-33-76(61)93-81(63)65/h9-50H,1-8H3. The predicted molar refractivity (Wildman–Crippen MR) is 387 cm³/mol.